The fourth-order valence-corrected chi connectivity index (χ4v) is 2.47. The first-order chi connectivity index (χ1) is 11.3. The normalized spacial score (nSPS) is 11.7. The Kier molecular flexibility index (Phi) is 3.84. The van der Waals surface area contributed by atoms with Gasteiger partial charge in [0.05, 0.1) is 5.69 Å². The van der Waals surface area contributed by atoms with Crippen LogP contribution in [0.5, 0.6) is 5.75 Å². The number of halogens is 4. The van der Waals surface area contributed by atoms with E-state index in [4.69, 9.17) is 11.6 Å². The third kappa shape index (κ3) is 3.00. The molecule has 2 heterocycles. The van der Waals surface area contributed by atoms with Gasteiger partial charge in [-0.25, -0.2) is 4.98 Å². The van der Waals surface area contributed by atoms with Gasteiger partial charge in [-0.1, -0.05) is 23.7 Å². The van der Waals surface area contributed by atoms with Crippen molar-refractivity contribution in [3.8, 4) is 17.0 Å². The van der Waals surface area contributed by atoms with Crippen LogP contribution in [-0.2, 0) is 0 Å². The summed E-state index contributed by atoms with van der Waals surface area (Å²) in [5.74, 6) is -0.540. The molecule has 0 atom stereocenters. The van der Waals surface area contributed by atoms with Crippen LogP contribution in [0.3, 0.4) is 0 Å². The Hall–Kier alpha value is -2.74. The number of carbonyl (C=O) groups is 1. The number of para-hydroxylation sites is 1. The second-order valence-electron chi connectivity index (χ2n) is 4.72. The Labute approximate surface area is 137 Å². The summed E-state index contributed by atoms with van der Waals surface area (Å²) in [6.45, 7) is 0. The molecule has 0 saturated carbocycles. The maximum atomic E-state index is 12.6. The second-order valence-corrected chi connectivity index (χ2v) is 5.11. The summed E-state index contributed by atoms with van der Waals surface area (Å²) in [6, 6.07) is 9.48. The Morgan fingerprint density at radius 2 is 1.92 bits per heavy atom. The van der Waals surface area contributed by atoms with Gasteiger partial charge in [0, 0.05) is 10.9 Å². The van der Waals surface area contributed by atoms with E-state index in [-0.39, 0.29) is 22.1 Å². The zero-order chi connectivity index (χ0) is 17.5. The van der Waals surface area contributed by atoms with Crippen molar-refractivity contribution >= 4 is 28.7 Å². The summed E-state index contributed by atoms with van der Waals surface area (Å²) in [7, 11) is 0. The highest BCUT2D eigenvalue weighted by molar-refractivity contribution is 6.29. The predicted molar refractivity (Wildman–Crippen MR) is 77.7 cm³/mol. The van der Waals surface area contributed by atoms with E-state index in [1.165, 1.54) is 36.4 Å². The van der Waals surface area contributed by atoms with Crippen molar-refractivity contribution in [1.82, 2.24) is 9.55 Å². The molecule has 0 unspecified atom stereocenters. The predicted octanol–water partition coefficient (Wildman–Crippen LogP) is 3.45. The molecule has 5 nitrogen and oxygen atoms in total. The minimum atomic E-state index is -4.92. The number of hydrogen-bond donors (Lipinski definition) is 0. The van der Waals surface area contributed by atoms with Gasteiger partial charge in [-0.3, -0.25) is 4.57 Å². The van der Waals surface area contributed by atoms with Gasteiger partial charge in [-0.2, -0.15) is 0 Å². The van der Waals surface area contributed by atoms with E-state index in [1.807, 2.05) is 0 Å². The molecule has 0 N–H and O–H groups in total. The SMILES string of the molecule is O=C([O-])n1c(-c2ccccc2OC(F)(F)F)cc2ccc(Cl)nc21. The number of rotatable bonds is 2. The minimum Gasteiger partial charge on any atom is -0.529 e. The van der Waals surface area contributed by atoms with Gasteiger partial charge in [0.25, 0.3) is 0 Å². The number of carbonyl (C=O) groups excluding carboxylic acids is 1. The lowest BCUT2D eigenvalue weighted by atomic mass is 10.1. The van der Waals surface area contributed by atoms with Gasteiger partial charge in [0.15, 0.2) is 0 Å². The number of benzene rings is 1. The van der Waals surface area contributed by atoms with E-state index >= 15 is 0 Å². The smallest absolute Gasteiger partial charge is 0.529 e. The third-order valence-corrected chi connectivity index (χ3v) is 3.40. The highest BCUT2D eigenvalue weighted by Gasteiger charge is 2.32. The number of ether oxygens (including phenoxy) is 1. The molecule has 2 aromatic heterocycles. The van der Waals surface area contributed by atoms with E-state index in [0.717, 1.165) is 6.07 Å². The molecule has 0 amide bonds. The van der Waals surface area contributed by atoms with Crippen molar-refractivity contribution in [2.75, 3.05) is 0 Å². The van der Waals surface area contributed by atoms with Crippen molar-refractivity contribution in [2.45, 2.75) is 6.36 Å². The quantitative estimate of drug-likeness (QED) is 0.660. The summed E-state index contributed by atoms with van der Waals surface area (Å²) in [5.41, 5.74) is -0.188. The van der Waals surface area contributed by atoms with E-state index in [2.05, 4.69) is 9.72 Å². The molecule has 24 heavy (non-hydrogen) atoms. The lowest BCUT2D eigenvalue weighted by Crippen LogP contribution is -2.29. The van der Waals surface area contributed by atoms with Crippen LogP contribution in [0.2, 0.25) is 5.15 Å². The van der Waals surface area contributed by atoms with Crippen molar-refractivity contribution in [3.05, 3.63) is 47.6 Å². The number of hydrogen-bond acceptors (Lipinski definition) is 4. The van der Waals surface area contributed by atoms with Crippen LogP contribution in [-0.4, -0.2) is 22.0 Å². The standard InChI is InChI=1S/C15H8ClF3N2O3/c16-12-6-5-8-7-10(21(14(22)23)13(8)20-12)9-3-1-2-4-11(9)24-15(17,18)19/h1-7H,(H,22,23)/p-1. The van der Waals surface area contributed by atoms with Gasteiger partial charge >= 0.3 is 6.36 Å². The third-order valence-electron chi connectivity index (χ3n) is 3.19. The molecule has 0 spiro atoms. The first-order valence-corrected chi connectivity index (χ1v) is 6.88. The first kappa shape index (κ1) is 16.1. The van der Waals surface area contributed by atoms with Crippen molar-refractivity contribution in [3.63, 3.8) is 0 Å². The van der Waals surface area contributed by atoms with Gasteiger partial charge in [-0.15, -0.1) is 13.2 Å². The average molecular weight is 356 g/mol. The van der Waals surface area contributed by atoms with E-state index in [1.54, 1.807) is 0 Å². The average Bonchev–Trinajstić information content (AvgIpc) is 2.84. The molecule has 0 radical (unpaired) electrons. The molecule has 3 aromatic rings. The van der Waals surface area contributed by atoms with Crippen molar-refractivity contribution in [1.29, 1.82) is 0 Å². The Morgan fingerprint density at radius 1 is 1.21 bits per heavy atom. The molecular formula is C15H7ClF3N2O3-. The monoisotopic (exact) mass is 355 g/mol. The molecule has 1 aromatic carbocycles. The lowest BCUT2D eigenvalue weighted by Gasteiger charge is -2.15. The topological polar surface area (TPSA) is 67.2 Å². The maximum absolute atomic E-state index is 12.6. The Balaban J connectivity index is 2.27. The van der Waals surface area contributed by atoms with Crippen molar-refractivity contribution < 1.29 is 27.8 Å². The fourth-order valence-electron chi connectivity index (χ4n) is 2.33. The van der Waals surface area contributed by atoms with Crippen LogP contribution in [0.1, 0.15) is 0 Å². The van der Waals surface area contributed by atoms with Crippen LogP contribution in [0.25, 0.3) is 22.3 Å². The second kappa shape index (κ2) is 5.72. The number of nitrogens with zero attached hydrogens (tertiary/aromatic N) is 2. The van der Waals surface area contributed by atoms with Crippen LogP contribution >= 0.6 is 11.6 Å². The van der Waals surface area contributed by atoms with E-state index < -0.39 is 18.2 Å². The zero-order valence-corrected chi connectivity index (χ0v) is 12.4. The molecule has 0 aliphatic heterocycles. The molecular weight excluding hydrogens is 349 g/mol. The fraction of sp³-hybridized carbons (Fsp3) is 0.0667. The molecule has 0 aliphatic rings. The Bertz CT molecular complexity index is 937. The first-order valence-electron chi connectivity index (χ1n) is 6.51. The molecule has 0 bridgehead atoms. The number of fused-ring (bicyclic) bond motifs is 1. The molecule has 124 valence electrons. The number of pyridine rings is 1. The number of aromatic nitrogens is 2. The van der Waals surface area contributed by atoms with Crippen molar-refractivity contribution in [2.24, 2.45) is 0 Å². The number of alkyl halides is 3. The van der Waals surface area contributed by atoms with Crippen LogP contribution in [0.15, 0.2) is 42.5 Å². The van der Waals surface area contributed by atoms with E-state index in [9.17, 15) is 23.1 Å². The van der Waals surface area contributed by atoms with Gasteiger partial charge < -0.3 is 14.6 Å². The van der Waals surface area contributed by atoms with E-state index in [0.29, 0.717) is 9.95 Å². The van der Waals surface area contributed by atoms with Gasteiger partial charge in [0.2, 0.25) is 0 Å². The lowest BCUT2D eigenvalue weighted by molar-refractivity contribution is -0.274. The summed E-state index contributed by atoms with van der Waals surface area (Å²) in [4.78, 5) is 15.4. The van der Waals surface area contributed by atoms with Crippen LogP contribution in [0.4, 0.5) is 18.0 Å². The summed E-state index contributed by atoms with van der Waals surface area (Å²) in [6.07, 6.45) is -6.58. The zero-order valence-electron chi connectivity index (χ0n) is 11.7. The molecule has 0 fully saturated rings. The molecule has 3 rings (SSSR count). The molecule has 0 aliphatic carbocycles. The van der Waals surface area contributed by atoms with Gasteiger partial charge in [0.1, 0.15) is 22.6 Å². The van der Waals surface area contributed by atoms with Gasteiger partial charge in [-0.05, 0) is 30.3 Å². The summed E-state index contributed by atoms with van der Waals surface area (Å²) >= 11 is 5.76. The van der Waals surface area contributed by atoms with Crippen LogP contribution in [0, 0.1) is 0 Å². The molecule has 9 heteroatoms. The summed E-state index contributed by atoms with van der Waals surface area (Å²) < 4.78 is 42.3. The Morgan fingerprint density at radius 3 is 2.58 bits per heavy atom. The maximum Gasteiger partial charge on any atom is 0.573 e. The largest absolute Gasteiger partial charge is 0.573 e. The highest BCUT2D eigenvalue weighted by atomic mass is 35.5. The molecule has 0 saturated heterocycles. The summed E-state index contributed by atoms with van der Waals surface area (Å²) in [5, 5.41) is 11.9. The van der Waals surface area contributed by atoms with Crippen LogP contribution < -0.4 is 9.84 Å². The minimum absolute atomic E-state index is 0.0366. The highest BCUT2D eigenvalue weighted by Crippen LogP contribution is 2.36. The number of carboxylic acid groups (broad SMARTS) is 1.